The Morgan fingerprint density at radius 1 is 0.619 bits per heavy atom. The van der Waals surface area contributed by atoms with Crippen molar-refractivity contribution in [2.45, 2.75) is 97.7 Å². The van der Waals surface area contributed by atoms with Gasteiger partial charge in [-0.25, -0.2) is 0 Å². The highest BCUT2D eigenvalue weighted by Gasteiger charge is 2.59. The second kappa shape index (κ2) is 14.0. The molecule has 234 valence electrons. The zero-order valence-corrected chi connectivity index (χ0v) is 24.3. The van der Waals surface area contributed by atoms with Gasteiger partial charge in [-0.15, -0.1) is 0 Å². The van der Waals surface area contributed by atoms with Gasteiger partial charge in [0.1, 0.15) is 24.9 Å². The van der Waals surface area contributed by atoms with E-state index in [4.69, 9.17) is 42.6 Å². The van der Waals surface area contributed by atoms with Gasteiger partial charge in [0, 0.05) is 59.3 Å². The number of esters is 6. The van der Waals surface area contributed by atoms with Crippen molar-refractivity contribution in [1.29, 1.82) is 0 Å². The topological polar surface area (TPSA) is 185 Å². The van der Waals surface area contributed by atoms with Crippen LogP contribution < -0.4 is 0 Å². The molecule has 0 radical (unpaired) electrons. The fraction of sp³-hybridized carbons (Fsp3) is 0.704. The summed E-state index contributed by atoms with van der Waals surface area (Å²) >= 11 is 0. The second-order valence-corrected chi connectivity index (χ2v) is 10.2. The van der Waals surface area contributed by atoms with Gasteiger partial charge in [-0.3, -0.25) is 28.8 Å². The van der Waals surface area contributed by atoms with Crippen LogP contribution in [0.15, 0.2) is 12.3 Å². The van der Waals surface area contributed by atoms with Crippen molar-refractivity contribution in [2.24, 2.45) is 17.8 Å². The number of ether oxygens (including phenoxy) is 9. The number of hydrogen-bond acceptors (Lipinski definition) is 15. The molecule has 0 amide bonds. The summed E-state index contributed by atoms with van der Waals surface area (Å²) in [6, 6.07) is 0. The minimum atomic E-state index is -1.50. The molecule has 1 saturated heterocycles. The third kappa shape index (κ3) is 7.97. The number of rotatable bonds is 9. The summed E-state index contributed by atoms with van der Waals surface area (Å²) in [6.45, 7) is 8.28. The molecule has 1 saturated carbocycles. The largest absolute Gasteiger partial charge is 0.472 e. The molecule has 0 bridgehead atoms. The van der Waals surface area contributed by atoms with E-state index in [9.17, 15) is 28.8 Å². The van der Waals surface area contributed by atoms with E-state index in [-0.39, 0.29) is 0 Å². The summed E-state index contributed by atoms with van der Waals surface area (Å²) in [5.41, 5.74) is 0. The molecule has 0 spiro atoms. The van der Waals surface area contributed by atoms with E-state index in [1.165, 1.54) is 20.1 Å². The van der Waals surface area contributed by atoms with E-state index in [1.807, 2.05) is 0 Å². The van der Waals surface area contributed by atoms with Crippen LogP contribution in [0.2, 0.25) is 0 Å². The fourth-order valence-corrected chi connectivity index (χ4v) is 5.53. The molecular weight excluding hydrogens is 564 g/mol. The van der Waals surface area contributed by atoms with Gasteiger partial charge in [0.2, 0.25) is 12.6 Å². The van der Waals surface area contributed by atoms with E-state index >= 15 is 0 Å². The third-order valence-corrected chi connectivity index (χ3v) is 6.92. The number of fused-ring (bicyclic) bond motifs is 1. The molecule has 15 heteroatoms. The lowest BCUT2D eigenvalue weighted by Gasteiger charge is -2.45. The van der Waals surface area contributed by atoms with Crippen molar-refractivity contribution in [3.8, 4) is 0 Å². The zero-order valence-electron chi connectivity index (χ0n) is 24.3. The summed E-state index contributed by atoms with van der Waals surface area (Å²) in [7, 11) is 0. The van der Waals surface area contributed by atoms with E-state index in [2.05, 4.69) is 0 Å². The van der Waals surface area contributed by atoms with E-state index in [0.717, 1.165) is 27.7 Å². The minimum absolute atomic E-state index is 0.436. The lowest BCUT2D eigenvalue weighted by molar-refractivity contribution is -0.345. The van der Waals surface area contributed by atoms with Crippen LogP contribution in [-0.2, 0) is 71.4 Å². The van der Waals surface area contributed by atoms with Crippen LogP contribution in [0.5, 0.6) is 0 Å². The molecule has 1 aliphatic carbocycles. The SMILES string of the molecule is CC(=O)OC[C@H]1O[C@@H](O[C@@H]2OC=C[C@@H]3[C@H](OC(C)=O)[C@H](OC(C)=O)[C@@H](C)[C@H]23)[C@H](OC(C)=O)[C@@H](OC(C)=O)[C@@H]1OC(C)=O. The van der Waals surface area contributed by atoms with Crippen molar-refractivity contribution < 1.29 is 71.4 Å². The quantitative estimate of drug-likeness (QED) is 0.266. The first-order chi connectivity index (χ1) is 19.7. The Hall–Kier alpha value is -3.72. The average molecular weight is 601 g/mol. The van der Waals surface area contributed by atoms with Crippen LogP contribution in [0.25, 0.3) is 0 Å². The van der Waals surface area contributed by atoms with Crippen molar-refractivity contribution in [3.63, 3.8) is 0 Å². The first kappa shape index (κ1) is 32.8. The predicted octanol–water partition coefficient (Wildman–Crippen LogP) is 0.702. The minimum Gasteiger partial charge on any atom is -0.472 e. The van der Waals surface area contributed by atoms with Crippen molar-refractivity contribution in [3.05, 3.63) is 12.3 Å². The van der Waals surface area contributed by atoms with Crippen LogP contribution >= 0.6 is 0 Å². The van der Waals surface area contributed by atoms with E-state index in [0.29, 0.717) is 0 Å². The molecule has 0 aromatic carbocycles. The van der Waals surface area contributed by atoms with Gasteiger partial charge in [-0.2, -0.15) is 0 Å². The van der Waals surface area contributed by atoms with Gasteiger partial charge in [-0.1, -0.05) is 6.92 Å². The second-order valence-electron chi connectivity index (χ2n) is 10.2. The first-order valence-electron chi connectivity index (χ1n) is 13.3. The van der Waals surface area contributed by atoms with Crippen LogP contribution in [0.4, 0.5) is 0 Å². The fourth-order valence-electron chi connectivity index (χ4n) is 5.53. The molecule has 3 aliphatic rings. The highest BCUT2D eigenvalue weighted by molar-refractivity contribution is 5.69. The molecular formula is C27H36O15. The Morgan fingerprint density at radius 3 is 1.67 bits per heavy atom. The van der Waals surface area contributed by atoms with Gasteiger partial charge in [0.05, 0.1) is 6.26 Å². The molecule has 42 heavy (non-hydrogen) atoms. The maximum absolute atomic E-state index is 12.1. The molecule has 0 unspecified atom stereocenters. The predicted molar refractivity (Wildman–Crippen MR) is 134 cm³/mol. The third-order valence-electron chi connectivity index (χ3n) is 6.92. The van der Waals surface area contributed by atoms with Crippen molar-refractivity contribution in [1.82, 2.24) is 0 Å². The van der Waals surface area contributed by atoms with Gasteiger partial charge in [0.15, 0.2) is 18.3 Å². The van der Waals surface area contributed by atoms with Crippen LogP contribution in [0.1, 0.15) is 48.5 Å². The number of carbonyl (C=O) groups excluding carboxylic acids is 6. The monoisotopic (exact) mass is 600 g/mol. The molecule has 2 fully saturated rings. The summed E-state index contributed by atoms with van der Waals surface area (Å²) in [5, 5.41) is 0. The maximum atomic E-state index is 12.1. The Labute approximate surface area is 242 Å². The molecule has 2 aliphatic heterocycles. The lowest BCUT2D eigenvalue weighted by Crippen LogP contribution is -2.63. The molecule has 11 atom stereocenters. The van der Waals surface area contributed by atoms with Crippen LogP contribution in [0, 0.1) is 17.8 Å². The van der Waals surface area contributed by atoms with Crippen LogP contribution in [-0.4, -0.2) is 91.6 Å². The molecule has 15 nitrogen and oxygen atoms in total. The molecule has 0 aromatic heterocycles. The van der Waals surface area contributed by atoms with E-state index < -0.39 is 109 Å². The van der Waals surface area contributed by atoms with Crippen LogP contribution in [0.3, 0.4) is 0 Å². The zero-order chi connectivity index (χ0) is 31.3. The molecule has 2 heterocycles. The smallest absolute Gasteiger partial charge is 0.303 e. The summed E-state index contributed by atoms with van der Waals surface area (Å²) in [4.78, 5) is 71.6. The van der Waals surface area contributed by atoms with Crippen molar-refractivity contribution in [2.75, 3.05) is 6.61 Å². The first-order valence-corrected chi connectivity index (χ1v) is 13.3. The highest BCUT2D eigenvalue weighted by atomic mass is 16.8. The lowest BCUT2D eigenvalue weighted by atomic mass is 9.87. The molecule has 0 N–H and O–H groups in total. The van der Waals surface area contributed by atoms with Gasteiger partial charge in [-0.05, 0) is 6.08 Å². The summed E-state index contributed by atoms with van der Waals surface area (Å²) in [6.07, 6.45) is -6.84. The Balaban J connectivity index is 1.99. The Morgan fingerprint density at radius 2 is 1.12 bits per heavy atom. The van der Waals surface area contributed by atoms with E-state index in [1.54, 1.807) is 13.0 Å². The molecule has 3 rings (SSSR count). The Bertz CT molecular complexity index is 1090. The molecule has 0 aromatic rings. The van der Waals surface area contributed by atoms with Gasteiger partial charge in [0.25, 0.3) is 0 Å². The number of carbonyl (C=O) groups is 6. The maximum Gasteiger partial charge on any atom is 0.303 e. The normalized spacial score (nSPS) is 35.1. The van der Waals surface area contributed by atoms with Gasteiger partial charge < -0.3 is 42.6 Å². The Kier molecular flexibility index (Phi) is 10.9. The highest BCUT2D eigenvalue weighted by Crippen LogP contribution is 2.47. The number of hydrogen-bond donors (Lipinski definition) is 0. The summed E-state index contributed by atoms with van der Waals surface area (Å²) < 4.78 is 50.4. The summed E-state index contributed by atoms with van der Waals surface area (Å²) in [5.74, 6) is -5.75. The van der Waals surface area contributed by atoms with Crippen molar-refractivity contribution >= 4 is 35.8 Å². The standard InChI is InChI=1S/C27H36O15/c1-11-20-18(22(37-14(4)30)21(11)36-13(3)29)8-9-34-26(20)42-27-25(40-17(7)33)24(39-16(6)32)23(38-15(5)31)19(41-27)10-35-12(2)28/h8-9,11,18-27H,10H2,1-7H3/t11-,18-,19+,20-,21+,22-,23+,24-,25+,26-,27-/m0/s1. The average Bonchev–Trinajstić information content (AvgIpc) is 3.11. The van der Waals surface area contributed by atoms with Gasteiger partial charge >= 0.3 is 35.8 Å².